The lowest BCUT2D eigenvalue weighted by Gasteiger charge is -2.44. The summed E-state index contributed by atoms with van der Waals surface area (Å²) < 4.78 is 12.6. The fourth-order valence-corrected chi connectivity index (χ4v) is 27.9. The molecule has 2 saturated carbocycles. The van der Waals surface area contributed by atoms with Crippen molar-refractivity contribution in [3.63, 3.8) is 0 Å². The van der Waals surface area contributed by atoms with Crippen LogP contribution in [0.3, 0.4) is 0 Å². The Hall–Kier alpha value is -12.4. The van der Waals surface area contributed by atoms with Gasteiger partial charge in [-0.3, -0.25) is 71.9 Å². The van der Waals surface area contributed by atoms with E-state index in [1.165, 1.54) is 83.1 Å². The maximum absolute atomic E-state index is 16.4. The van der Waals surface area contributed by atoms with Crippen LogP contribution in [-0.2, 0) is 105 Å². The molecule has 136 heavy (non-hydrogen) atoms. The molecule has 0 unspecified atom stereocenters. The molecule has 0 heterocycles. The summed E-state index contributed by atoms with van der Waals surface area (Å²) >= 11 is 13.8. The zero-order valence-electron chi connectivity index (χ0n) is 78.7. The van der Waals surface area contributed by atoms with E-state index in [2.05, 4.69) is 58.5 Å². The highest BCUT2D eigenvalue weighted by atomic mass is 32.4. The third-order valence-electron chi connectivity index (χ3n) is 25.5. The van der Waals surface area contributed by atoms with Crippen molar-refractivity contribution in [3.8, 4) is 22.3 Å². The highest BCUT2D eigenvalue weighted by molar-refractivity contribution is 8.22. The third-order valence-corrected chi connectivity index (χ3v) is 36.9. The molecule has 16 amide bonds. The number of primary amides is 1. The van der Waals surface area contributed by atoms with Gasteiger partial charge in [-0.05, 0) is 181 Å². The number of carboxylic acids is 1. The number of carbonyl (C=O) groups excluding carboxylic acids is 16. The fourth-order valence-electron chi connectivity index (χ4n) is 17.7. The number of nitrogens with zero attached hydrogens (tertiary/aromatic N) is 2. The molecule has 6 aromatic rings. The molecule has 0 aliphatic heterocycles. The van der Waals surface area contributed by atoms with E-state index < -0.39 is 228 Å². The van der Waals surface area contributed by atoms with Gasteiger partial charge in [0.2, 0.25) is 70.9 Å². The van der Waals surface area contributed by atoms with Crippen molar-refractivity contribution in [2.75, 3.05) is 25.5 Å². The van der Waals surface area contributed by atoms with Crippen molar-refractivity contribution in [3.05, 3.63) is 180 Å². The SMILES string of the molecule is CC(=O)N[C@@H](C)C(=O)N[C@@H](C)C(=O)NC(C)(C)C(=O)N[C@@H](C)C(=O)N(C(=O)OCC1c2ccccc2-c2ccccc21)[C@H](CP(=S)(c1ccccc1)c1ccccc1)C(=O)N[C@@H](C)C(=O)N[C@@H](C)C(=O)N[C@@H](CC(=O)O)C(=O)N(C(=O)OCC1c2ccccc2-c2ccccc21)[C@@H](CP(=S)(C1CCCCC1)C1CCCCC1)C(=O)N[C@@H](C)C(=O)N[C@@H](C)C(=O)NC(C)(C)C(=O)N[C@@H](C)C(N)=O. The molecule has 14 N–H and O–H groups in total. The lowest BCUT2D eigenvalue weighted by Crippen LogP contribution is -2.64. The number of imide groups is 2. The van der Waals surface area contributed by atoms with Gasteiger partial charge in [0.25, 0.3) is 11.8 Å². The monoisotopic (exact) mass is 1940 g/mol. The number of carboxylic acid groups (broad SMARTS) is 1. The summed E-state index contributed by atoms with van der Waals surface area (Å²) in [6, 6.07) is 22.0. The van der Waals surface area contributed by atoms with Gasteiger partial charge in [0.1, 0.15) is 90.8 Å². The van der Waals surface area contributed by atoms with E-state index in [-0.39, 0.29) is 17.5 Å². The van der Waals surface area contributed by atoms with Crippen LogP contribution in [0, 0.1) is 0 Å². The molecule has 0 radical (unpaired) electrons. The molecular weight excluding hydrogens is 1820 g/mol. The number of amides is 16. The number of hydrogen-bond donors (Lipinski definition) is 13. The number of aliphatic carboxylic acids is 1. The summed E-state index contributed by atoms with van der Waals surface area (Å²) in [7, 11) is 0. The number of nitrogens with two attached hydrogens (primary N) is 1. The second-order valence-electron chi connectivity index (χ2n) is 36.5. The van der Waals surface area contributed by atoms with Crippen LogP contribution < -0.4 is 74.8 Å². The molecule has 2 fully saturated rings. The maximum Gasteiger partial charge on any atom is 0.417 e. The van der Waals surface area contributed by atoms with Gasteiger partial charge in [-0.2, -0.15) is 0 Å². The number of rotatable bonds is 40. The number of ether oxygens (including phenoxy) is 2. The predicted molar refractivity (Wildman–Crippen MR) is 520 cm³/mol. The average Bonchev–Trinajstić information content (AvgIpc) is 1.17. The van der Waals surface area contributed by atoms with Crippen LogP contribution in [0.15, 0.2) is 158 Å². The van der Waals surface area contributed by atoms with Crippen molar-refractivity contribution in [1.82, 2.24) is 68.3 Å². The molecule has 728 valence electrons. The van der Waals surface area contributed by atoms with Crippen LogP contribution in [0.5, 0.6) is 0 Å². The molecule has 6 aromatic carbocycles. The van der Waals surface area contributed by atoms with E-state index in [4.69, 9.17) is 38.8 Å². The first kappa shape index (κ1) is 106. The molecule has 34 nitrogen and oxygen atoms in total. The topological polar surface area (TPSA) is 494 Å². The molecule has 0 aromatic heterocycles. The van der Waals surface area contributed by atoms with Gasteiger partial charge in [-0.15, -0.1) is 0 Å². The van der Waals surface area contributed by atoms with Crippen molar-refractivity contribution >= 4 is 147 Å². The van der Waals surface area contributed by atoms with Gasteiger partial charge in [0, 0.05) is 37.1 Å². The van der Waals surface area contributed by atoms with Crippen molar-refractivity contribution in [2.24, 2.45) is 5.73 Å². The van der Waals surface area contributed by atoms with Crippen LogP contribution in [0.25, 0.3) is 22.3 Å². The minimum absolute atomic E-state index is 0.182. The number of benzene rings is 6. The molecule has 4 aliphatic rings. The van der Waals surface area contributed by atoms with E-state index in [9.17, 15) is 48.3 Å². The van der Waals surface area contributed by atoms with E-state index >= 15 is 38.4 Å². The normalized spacial score (nSPS) is 16.3. The molecule has 38 heteroatoms. The average molecular weight is 1940 g/mol. The molecule has 10 rings (SSSR count). The van der Waals surface area contributed by atoms with Gasteiger partial charge in [-0.1, -0.05) is 220 Å². The molecule has 0 saturated heterocycles. The Balaban J connectivity index is 0.986. The molecule has 0 spiro atoms. The van der Waals surface area contributed by atoms with Gasteiger partial charge in [0.15, 0.2) is 0 Å². The number of fused-ring (bicyclic) bond motifs is 6. The van der Waals surface area contributed by atoms with Crippen LogP contribution in [0.2, 0.25) is 0 Å². The molecule has 11 atom stereocenters. The van der Waals surface area contributed by atoms with Crippen LogP contribution in [0.1, 0.15) is 195 Å². The maximum atomic E-state index is 16.4. The summed E-state index contributed by atoms with van der Waals surface area (Å²) in [5.74, 6) is -17.1. The second-order valence-corrected chi connectivity index (χ2v) is 46.8. The minimum atomic E-state index is -3.52. The highest BCUT2D eigenvalue weighted by Gasteiger charge is 2.50. The zero-order valence-corrected chi connectivity index (χ0v) is 82.1. The van der Waals surface area contributed by atoms with Gasteiger partial charge in [0.05, 0.1) is 6.42 Å². The minimum Gasteiger partial charge on any atom is -0.481 e. The summed E-state index contributed by atoms with van der Waals surface area (Å²) in [6.45, 7) is 15.8. The Morgan fingerprint density at radius 1 is 0.390 bits per heavy atom. The van der Waals surface area contributed by atoms with E-state index in [0.717, 1.165) is 90.0 Å². The van der Waals surface area contributed by atoms with Gasteiger partial charge in [-0.25, -0.2) is 19.4 Å². The highest BCUT2D eigenvalue weighted by Crippen LogP contribution is 2.64. The Morgan fingerprint density at radius 3 is 1.05 bits per heavy atom. The fraction of sp³-hybridized carbons (Fsp3) is 0.459. The largest absolute Gasteiger partial charge is 0.481 e. The number of carbonyl (C=O) groups is 17. The summed E-state index contributed by atoms with van der Waals surface area (Å²) in [5.41, 5.74) is 7.78. The number of nitrogens with one attached hydrogen (secondary N) is 11. The first-order chi connectivity index (χ1) is 64.3. The van der Waals surface area contributed by atoms with E-state index in [1.807, 2.05) is 84.9 Å². The Morgan fingerprint density at radius 2 is 0.699 bits per heavy atom. The van der Waals surface area contributed by atoms with Gasteiger partial charge < -0.3 is 78.8 Å². The smallest absolute Gasteiger partial charge is 0.417 e. The lowest BCUT2D eigenvalue weighted by atomic mass is 9.98. The molecule has 4 aliphatic carbocycles. The summed E-state index contributed by atoms with van der Waals surface area (Å²) in [4.78, 5) is 247. The zero-order chi connectivity index (χ0) is 99.6. The lowest BCUT2D eigenvalue weighted by molar-refractivity contribution is -0.146. The van der Waals surface area contributed by atoms with Crippen LogP contribution in [0.4, 0.5) is 9.59 Å². The quantitative estimate of drug-likeness (QED) is 0.0175. The van der Waals surface area contributed by atoms with Crippen molar-refractivity contribution in [1.29, 1.82) is 0 Å². The third kappa shape index (κ3) is 25.8. The van der Waals surface area contributed by atoms with Crippen molar-refractivity contribution in [2.45, 2.75) is 261 Å². The Kier molecular flexibility index (Phi) is 36.1. The Bertz CT molecular complexity index is 5460. The first-order valence-corrected chi connectivity index (χ1v) is 51.9. The van der Waals surface area contributed by atoms with Gasteiger partial charge >= 0.3 is 18.2 Å². The first-order valence-electron chi connectivity index (χ1n) is 45.8. The van der Waals surface area contributed by atoms with Crippen LogP contribution in [-0.4, -0.2) is 230 Å². The predicted octanol–water partition coefficient (Wildman–Crippen LogP) is 6.85. The van der Waals surface area contributed by atoms with E-state index in [1.54, 1.807) is 72.8 Å². The standard InChI is InChI=1S/C98H124N14O20P2S2/c1-55(82(99)116)106-93(127)97(10,11)109-88(122)61(7)103-85(119)58(4)105-90(124)80(54-134(136,66-38-22-16-23-39-66)67-40-24-17-25-41-67)112(96(130)132-52-77-74-48-32-28-44-70(74)71-45-29-33-49-75(71)77)92(126)78(50-81(114)115)108-86(120)59(5)101-84(118)57(3)104-89(123)79(53-133(135,64-34-18-14-19-35-64)65-36-20-15-21-37-65)111(95(129)131-51-76-72-46-30-26-42-68(72)69-43-27-31-47-73(69)76)91(125)62(8)107-94(128)98(12,13)110-87(121)60(6)102-83(117)56(2)100-63(9)113/h14-15,18-21,26-37,42-49,55-62,66-67,76-80H,16-17,22-25,38-41,50-54H2,1-13H3,(H2,99,116)(H,100,113)(H,101,118)(H,102,117)(H,103,119)(H,104,123)(H,105,124)(H,106,127)(H,107,128)(H,108,120)(H,109,122)(H,110,121)(H,114,115)/t55-,56-,57-,58-,59-,60-,61-,62-,78-,79+,80-/m0/s1. The molecule has 0 bridgehead atoms. The molecular formula is C98H124N14O20P2S2. The Labute approximate surface area is 801 Å². The summed E-state index contributed by atoms with van der Waals surface area (Å²) in [5, 5.41) is 39.6. The van der Waals surface area contributed by atoms with E-state index in [0.29, 0.717) is 46.1 Å². The van der Waals surface area contributed by atoms with Crippen LogP contribution >= 0.6 is 12.1 Å². The van der Waals surface area contributed by atoms with Crippen molar-refractivity contribution < 1.29 is 96.1 Å². The second kappa shape index (κ2) is 46.4. The number of hydrogen-bond acceptors (Lipinski definition) is 21. The summed E-state index contributed by atoms with van der Waals surface area (Å²) in [6.07, 6.45) is 2.40.